The van der Waals surface area contributed by atoms with Crippen LogP contribution in [-0.2, 0) is 9.59 Å². The monoisotopic (exact) mass is 381 g/mol. The number of carbonyl (C=O) groups is 2. The molecule has 0 fully saturated rings. The van der Waals surface area contributed by atoms with Crippen molar-refractivity contribution in [2.45, 2.75) is 12.5 Å². The summed E-state index contributed by atoms with van der Waals surface area (Å²) in [6, 6.07) is 12.7. The van der Waals surface area contributed by atoms with Crippen molar-refractivity contribution < 1.29 is 19.4 Å². The number of hydrogen-bond donors (Lipinski definition) is 4. The highest BCUT2D eigenvalue weighted by Crippen LogP contribution is 2.16. The van der Waals surface area contributed by atoms with Gasteiger partial charge in [0.2, 0.25) is 11.9 Å². The van der Waals surface area contributed by atoms with Gasteiger partial charge in [0.1, 0.15) is 17.5 Å². The SMILES string of the molecule is COc1ccc(NC(=O)C[C@@H]2N=C(N/N=C\c3ccccc3O)NC2=O)cc1. The number of hydrazone groups is 1. The molecule has 0 spiro atoms. The fraction of sp³-hybridized carbons (Fsp3) is 0.158. The summed E-state index contributed by atoms with van der Waals surface area (Å²) in [5.74, 6) is 0.161. The standard InChI is InChI=1S/C19H19N5O4/c1-28-14-8-6-13(7-9-14)21-17(26)10-15-18(27)23-19(22-15)24-20-11-12-4-2-3-5-16(12)25/h2-9,11,15,25H,10H2,1H3,(H,21,26)(H2,22,23,24,27)/b20-11-/t15-/m0/s1. The molecule has 3 rings (SSSR count). The van der Waals surface area contributed by atoms with E-state index >= 15 is 0 Å². The smallest absolute Gasteiger partial charge is 0.252 e. The summed E-state index contributed by atoms with van der Waals surface area (Å²) in [7, 11) is 1.56. The van der Waals surface area contributed by atoms with Crippen LogP contribution in [0.2, 0.25) is 0 Å². The number of nitrogens with zero attached hydrogens (tertiary/aromatic N) is 2. The minimum atomic E-state index is -0.846. The molecule has 1 heterocycles. The number of guanidine groups is 1. The maximum atomic E-state index is 12.1. The lowest BCUT2D eigenvalue weighted by Crippen LogP contribution is -2.35. The highest BCUT2D eigenvalue weighted by atomic mass is 16.5. The molecule has 28 heavy (non-hydrogen) atoms. The molecule has 0 unspecified atom stereocenters. The molecule has 0 radical (unpaired) electrons. The summed E-state index contributed by atoms with van der Waals surface area (Å²) in [6.45, 7) is 0. The van der Waals surface area contributed by atoms with Crippen molar-refractivity contribution in [2.75, 3.05) is 12.4 Å². The van der Waals surface area contributed by atoms with Crippen LogP contribution in [0.1, 0.15) is 12.0 Å². The van der Waals surface area contributed by atoms with Gasteiger partial charge in [-0.2, -0.15) is 5.10 Å². The molecular weight excluding hydrogens is 362 g/mol. The summed E-state index contributed by atoms with van der Waals surface area (Å²) in [6.07, 6.45) is 1.29. The third-order valence-electron chi connectivity index (χ3n) is 3.89. The predicted octanol–water partition coefficient (Wildman–Crippen LogP) is 1.21. The third-order valence-corrected chi connectivity index (χ3v) is 3.89. The molecule has 0 aromatic heterocycles. The normalized spacial score (nSPS) is 15.8. The van der Waals surface area contributed by atoms with E-state index in [0.29, 0.717) is 17.0 Å². The summed E-state index contributed by atoms with van der Waals surface area (Å²) in [4.78, 5) is 28.3. The van der Waals surface area contributed by atoms with Gasteiger partial charge in [-0.15, -0.1) is 0 Å². The zero-order valence-electron chi connectivity index (χ0n) is 15.0. The Hall–Kier alpha value is -3.88. The third kappa shape index (κ3) is 4.85. The van der Waals surface area contributed by atoms with Crippen LogP contribution in [0.5, 0.6) is 11.5 Å². The van der Waals surface area contributed by atoms with Crippen molar-refractivity contribution in [1.82, 2.24) is 10.7 Å². The van der Waals surface area contributed by atoms with Gasteiger partial charge in [0.05, 0.1) is 19.7 Å². The first-order valence-corrected chi connectivity index (χ1v) is 8.45. The van der Waals surface area contributed by atoms with Gasteiger partial charge in [-0.05, 0) is 36.4 Å². The topological polar surface area (TPSA) is 124 Å². The predicted molar refractivity (Wildman–Crippen MR) is 104 cm³/mol. The lowest BCUT2D eigenvalue weighted by atomic mass is 10.2. The first kappa shape index (κ1) is 18.9. The summed E-state index contributed by atoms with van der Waals surface area (Å²) in [5, 5.41) is 18.8. The number of carbonyl (C=O) groups excluding carboxylic acids is 2. The number of nitrogens with one attached hydrogen (secondary N) is 3. The number of anilines is 1. The van der Waals surface area contributed by atoms with Crippen molar-refractivity contribution in [1.29, 1.82) is 0 Å². The Kier molecular flexibility index (Phi) is 5.85. The van der Waals surface area contributed by atoms with Gasteiger partial charge in [0.15, 0.2) is 0 Å². The summed E-state index contributed by atoms with van der Waals surface area (Å²) >= 11 is 0. The number of ether oxygens (including phenoxy) is 1. The number of hydrogen-bond acceptors (Lipinski definition) is 7. The molecule has 0 aliphatic carbocycles. The van der Waals surface area contributed by atoms with E-state index in [4.69, 9.17) is 4.74 Å². The zero-order valence-corrected chi connectivity index (χ0v) is 15.0. The Balaban J connectivity index is 1.54. The van der Waals surface area contributed by atoms with Crippen LogP contribution >= 0.6 is 0 Å². The van der Waals surface area contributed by atoms with Gasteiger partial charge in [0.25, 0.3) is 5.91 Å². The van der Waals surface area contributed by atoms with E-state index in [-0.39, 0.29) is 24.0 Å². The molecule has 144 valence electrons. The molecule has 0 saturated heterocycles. The van der Waals surface area contributed by atoms with Crippen LogP contribution in [0, 0.1) is 0 Å². The van der Waals surface area contributed by atoms with Crippen molar-refractivity contribution in [2.24, 2.45) is 10.1 Å². The minimum Gasteiger partial charge on any atom is -0.507 e. The number of phenols is 1. The number of amides is 2. The number of aliphatic imine (C=N–C) groups is 1. The summed E-state index contributed by atoms with van der Waals surface area (Å²) < 4.78 is 5.06. The van der Waals surface area contributed by atoms with Crippen LogP contribution in [-0.4, -0.2) is 42.2 Å². The number of methoxy groups -OCH3 is 1. The number of rotatable bonds is 6. The quantitative estimate of drug-likeness (QED) is 0.442. The number of phenolic OH excluding ortho intramolecular Hbond substituents is 1. The van der Waals surface area contributed by atoms with Crippen molar-refractivity contribution >= 4 is 29.7 Å². The van der Waals surface area contributed by atoms with Crippen LogP contribution in [0.4, 0.5) is 5.69 Å². The number of benzene rings is 2. The largest absolute Gasteiger partial charge is 0.507 e. The highest BCUT2D eigenvalue weighted by molar-refractivity contribution is 6.07. The highest BCUT2D eigenvalue weighted by Gasteiger charge is 2.28. The van der Waals surface area contributed by atoms with Gasteiger partial charge in [-0.3, -0.25) is 14.9 Å². The molecule has 0 bridgehead atoms. The molecule has 0 saturated carbocycles. The molecule has 9 nitrogen and oxygen atoms in total. The first-order chi connectivity index (χ1) is 13.5. The molecule has 2 amide bonds. The molecule has 1 aliphatic heterocycles. The fourth-order valence-corrected chi connectivity index (χ4v) is 2.46. The second-order valence-corrected chi connectivity index (χ2v) is 5.89. The average molecular weight is 381 g/mol. The van der Waals surface area contributed by atoms with E-state index in [0.717, 1.165) is 0 Å². The number of aromatic hydroxyl groups is 1. The lowest BCUT2D eigenvalue weighted by molar-refractivity contribution is -0.123. The van der Waals surface area contributed by atoms with E-state index < -0.39 is 11.9 Å². The molecule has 1 aliphatic rings. The van der Waals surface area contributed by atoms with E-state index in [1.807, 2.05) is 0 Å². The lowest BCUT2D eigenvalue weighted by Gasteiger charge is -2.07. The van der Waals surface area contributed by atoms with E-state index in [1.54, 1.807) is 49.6 Å². The Bertz CT molecular complexity index is 924. The van der Waals surface area contributed by atoms with Gasteiger partial charge >= 0.3 is 0 Å². The van der Waals surface area contributed by atoms with Crippen molar-refractivity contribution in [3.8, 4) is 11.5 Å². The van der Waals surface area contributed by atoms with Crippen LogP contribution in [0.3, 0.4) is 0 Å². The molecule has 2 aromatic carbocycles. The first-order valence-electron chi connectivity index (χ1n) is 8.45. The maximum Gasteiger partial charge on any atom is 0.252 e. The van der Waals surface area contributed by atoms with E-state index in [2.05, 4.69) is 26.2 Å². The fourth-order valence-electron chi connectivity index (χ4n) is 2.46. The Morgan fingerprint density at radius 2 is 2.04 bits per heavy atom. The zero-order chi connectivity index (χ0) is 19.9. The van der Waals surface area contributed by atoms with E-state index in [9.17, 15) is 14.7 Å². The molecule has 2 aromatic rings. The molecule has 1 atom stereocenters. The molecule has 9 heteroatoms. The minimum absolute atomic E-state index is 0.0820. The van der Waals surface area contributed by atoms with Crippen LogP contribution in [0.15, 0.2) is 58.6 Å². The van der Waals surface area contributed by atoms with Crippen LogP contribution < -0.4 is 20.8 Å². The number of para-hydroxylation sites is 1. The van der Waals surface area contributed by atoms with Gasteiger partial charge in [0, 0.05) is 11.3 Å². The van der Waals surface area contributed by atoms with Gasteiger partial charge in [-0.1, -0.05) is 12.1 Å². The summed E-state index contributed by atoms with van der Waals surface area (Å²) in [5.41, 5.74) is 3.69. The second-order valence-electron chi connectivity index (χ2n) is 5.89. The molecular formula is C19H19N5O4. The Morgan fingerprint density at radius 1 is 1.29 bits per heavy atom. The molecule has 4 N–H and O–H groups in total. The Labute approximate surface area is 161 Å². The Morgan fingerprint density at radius 3 is 2.75 bits per heavy atom. The van der Waals surface area contributed by atoms with E-state index in [1.165, 1.54) is 12.3 Å². The maximum absolute atomic E-state index is 12.1. The average Bonchev–Trinajstić information content (AvgIpc) is 3.03. The van der Waals surface area contributed by atoms with Gasteiger partial charge in [-0.25, -0.2) is 10.4 Å². The second kappa shape index (κ2) is 8.67. The van der Waals surface area contributed by atoms with Crippen LogP contribution in [0.25, 0.3) is 0 Å². The van der Waals surface area contributed by atoms with Crippen molar-refractivity contribution in [3.05, 3.63) is 54.1 Å². The van der Waals surface area contributed by atoms with Gasteiger partial charge < -0.3 is 15.2 Å². The van der Waals surface area contributed by atoms with Crippen molar-refractivity contribution in [3.63, 3.8) is 0 Å².